The third-order valence-corrected chi connectivity index (χ3v) is 4.41. The van der Waals surface area contributed by atoms with Crippen molar-refractivity contribution < 1.29 is 14.4 Å². The van der Waals surface area contributed by atoms with E-state index in [0.717, 1.165) is 0 Å². The number of carbonyl (C=O) groups is 3. The second kappa shape index (κ2) is 7.38. The zero-order chi connectivity index (χ0) is 19.6. The van der Waals surface area contributed by atoms with Crippen LogP contribution in [0.25, 0.3) is 21.3 Å². The number of azide groups is 1. The van der Waals surface area contributed by atoms with Crippen molar-refractivity contribution in [3.8, 4) is 0 Å². The molecule has 1 unspecified atom stereocenters. The van der Waals surface area contributed by atoms with Gasteiger partial charge in [0.05, 0.1) is 29.1 Å². The molecule has 138 valence electrons. The second-order valence-electron chi connectivity index (χ2n) is 6.21. The van der Waals surface area contributed by atoms with Crippen LogP contribution in [0.2, 0.25) is 0 Å². The zero-order valence-corrected chi connectivity index (χ0v) is 14.5. The molecule has 1 aliphatic rings. The molecule has 1 heterocycles. The average molecular weight is 368 g/mol. The SMILES string of the molecule is Cc1nc2cccc(NC(=O)CN=[N+]=[N-])c2c(=O)n1C1CCC(=O)CC1=O. The number of nitrogens with zero attached hydrogens (tertiary/aromatic N) is 5. The molecule has 1 amide bonds. The number of anilines is 1. The molecule has 10 heteroatoms. The molecule has 1 N–H and O–H groups in total. The Morgan fingerprint density at radius 2 is 2.19 bits per heavy atom. The molecule has 0 bridgehead atoms. The molecule has 3 rings (SSSR count). The van der Waals surface area contributed by atoms with Gasteiger partial charge in [0.15, 0.2) is 5.78 Å². The van der Waals surface area contributed by atoms with Crippen molar-refractivity contribution in [3.05, 3.63) is 44.8 Å². The number of aromatic nitrogens is 2. The number of aryl methyl sites for hydroxylation is 1. The number of hydrogen-bond donors (Lipinski definition) is 1. The highest BCUT2D eigenvalue weighted by Crippen LogP contribution is 2.25. The summed E-state index contributed by atoms with van der Waals surface area (Å²) in [6.07, 6.45) is 0.279. The number of ketones is 2. The van der Waals surface area contributed by atoms with Crippen molar-refractivity contribution in [1.29, 1.82) is 0 Å². The van der Waals surface area contributed by atoms with E-state index >= 15 is 0 Å². The van der Waals surface area contributed by atoms with Crippen molar-refractivity contribution in [2.24, 2.45) is 5.11 Å². The molecule has 0 radical (unpaired) electrons. The molecule has 1 aromatic carbocycles. The summed E-state index contributed by atoms with van der Waals surface area (Å²) >= 11 is 0. The average Bonchev–Trinajstić information content (AvgIpc) is 2.61. The van der Waals surface area contributed by atoms with Gasteiger partial charge < -0.3 is 5.32 Å². The zero-order valence-electron chi connectivity index (χ0n) is 14.5. The molecule has 1 aliphatic carbocycles. The van der Waals surface area contributed by atoms with Gasteiger partial charge in [-0.3, -0.25) is 23.7 Å². The molecular formula is C17H16N6O4. The highest BCUT2D eigenvalue weighted by Gasteiger charge is 2.31. The lowest BCUT2D eigenvalue weighted by atomic mass is 9.92. The number of hydrogen-bond acceptors (Lipinski definition) is 6. The molecule has 0 spiro atoms. The first-order chi connectivity index (χ1) is 12.9. The van der Waals surface area contributed by atoms with Crippen molar-refractivity contribution in [2.45, 2.75) is 32.2 Å². The van der Waals surface area contributed by atoms with Crippen molar-refractivity contribution in [3.63, 3.8) is 0 Å². The summed E-state index contributed by atoms with van der Waals surface area (Å²) in [5, 5.41) is 5.87. The lowest BCUT2D eigenvalue weighted by molar-refractivity contribution is -0.132. The number of carbonyl (C=O) groups excluding carboxylic acids is 3. The number of Topliss-reactive ketones (excluding diaryl/α,β-unsaturated/α-hetero) is 2. The van der Waals surface area contributed by atoms with Crippen LogP contribution in [-0.2, 0) is 14.4 Å². The Kier molecular flexibility index (Phi) is 5.00. The van der Waals surface area contributed by atoms with Gasteiger partial charge in [-0.1, -0.05) is 11.2 Å². The van der Waals surface area contributed by atoms with Gasteiger partial charge in [-0.25, -0.2) is 4.98 Å². The maximum absolute atomic E-state index is 13.1. The fourth-order valence-corrected chi connectivity index (χ4v) is 3.24. The Hall–Kier alpha value is -3.52. The highest BCUT2D eigenvalue weighted by molar-refractivity contribution is 6.04. The van der Waals surface area contributed by atoms with Gasteiger partial charge in [0.2, 0.25) is 5.91 Å². The third-order valence-electron chi connectivity index (χ3n) is 4.41. The summed E-state index contributed by atoms with van der Waals surface area (Å²) in [6, 6.07) is 4.04. The van der Waals surface area contributed by atoms with Gasteiger partial charge in [0.25, 0.3) is 5.56 Å². The van der Waals surface area contributed by atoms with Gasteiger partial charge in [-0.15, -0.1) is 0 Å². The highest BCUT2D eigenvalue weighted by atomic mass is 16.2. The van der Waals surface area contributed by atoms with Crippen LogP contribution in [0, 0.1) is 6.92 Å². The van der Waals surface area contributed by atoms with E-state index in [1.165, 1.54) is 10.6 Å². The van der Waals surface area contributed by atoms with Crippen LogP contribution in [0.15, 0.2) is 28.1 Å². The van der Waals surface area contributed by atoms with Crippen LogP contribution in [0.1, 0.15) is 31.1 Å². The van der Waals surface area contributed by atoms with Gasteiger partial charge in [0, 0.05) is 11.3 Å². The molecular weight excluding hydrogens is 352 g/mol. The van der Waals surface area contributed by atoms with E-state index < -0.39 is 24.1 Å². The monoisotopic (exact) mass is 368 g/mol. The first-order valence-corrected chi connectivity index (χ1v) is 8.29. The Bertz CT molecular complexity index is 1070. The topological polar surface area (TPSA) is 147 Å². The smallest absolute Gasteiger partial charge is 0.264 e. The fraction of sp³-hybridized carbons (Fsp3) is 0.353. The third kappa shape index (κ3) is 3.56. The van der Waals surface area contributed by atoms with E-state index in [1.54, 1.807) is 19.1 Å². The molecule has 10 nitrogen and oxygen atoms in total. The predicted molar refractivity (Wildman–Crippen MR) is 96.3 cm³/mol. The van der Waals surface area contributed by atoms with E-state index in [4.69, 9.17) is 5.53 Å². The first-order valence-electron chi connectivity index (χ1n) is 8.29. The molecule has 1 fully saturated rings. The van der Waals surface area contributed by atoms with Crippen molar-refractivity contribution in [2.75, 3.05) is 11.9 Å². The molecule has 2 aromatic rings. The predicted octanol–water partition coefficient (Wildman–Crippen LogP) is 1.82. The Morgan fingerprint density at radius 3 is 2.89 bits per heavy atom. The van der Waals surface area contributed by atoms with Crippen LogP contribution in [0.5, 0.6) is 0 Å². The molecule has 0 aliphatic heterocycles. The Labute approximate surface area is 152 Å². The second-order valence-corrected chi connectivity index (χ2v) is 6.21. The van der Waals surface area contributed by atoms with Gasteiger partial charge in [-0.2, -0.15) is 0 Å². The number of benzene rings is 1. The first kappa shape index (κ1) is 18.3. The lowest BCUT2D eigenvalue weighted by Gasteiger charge is -2.24. The minimum atomic E-state index is -0.751. The summed E-state index contributed by atoms with van der Waals surface area (Å²) in [4.78, 5) is 55.7. The standard InChI is InChI=1S/C17H16N6O4/c1-9-20-11-3-2-4-12(21-15(26)8-19-22-18)16(11)17(27)23(9)13-6-5-10(24)7-14(13)25/h2-4,13H,5-8H2,1H3,(H,21,26). The van der Waals surface area contributed by atoms with Gasteiger partial charge in [0.1, 0.15) is 18.2 Å². The summed E-state index contributed by atoms with van der Waals surface area (Å²) in [5.41, 5.74) is 8.43. The number of amides is 1. The van der Waals surface area contributed by atoms with E-state index in [1.807, 2.05) is 0 Å². The van der Waals surface area contributed by atoms with E-state index in [9.17, 15) is 19.2 Å². The van der Waals surface area contributed by atoms with Gasteiger partial charge in [-0.05, 0) is 31.0 Å². The molecule has 1 aromatic heterocycles. The van der Waals surface area contributed by atoms with Crippen molar-refractivity contribution in [1.82, 2.24) is 9.55 Å². The summed E-state index contributed by atoms with van der Waals surface area (Å²) in [6.45, 7) is 1.21. The van der Waals surface area contributed by atoms with Gasteiger partial charge >= 0.3 is 0 Å². The fourth-order valence-electron chi connectivity index (χ4n) is 3.24. The molecule has 27 heavy (non-hydrogen) atoms. The Balaban J connectivity index is 2.11. The van der Waals surface area contributed by atoms with E-state index in [2.05, 4.69) is 20.3 Å². The number of rotatable bonds is 4. The van der Waals surface area contributed by atoms with Crippen LogP contribution in [-0.4, -0.2) is 33.6 Å². The summed E-state index contributed by atoms with van der Waals surface area (Å²) in [7, 11) is 0. The molecule has 0 saturated heterocycles. The maximum atomic E-state index is 13.1. The van der Waals surface area contributed by atoms with E-state index in [0.29, 0.717) is 11.3 Å². The number of fused-ring (bicyclic) bond motifs is 1. The van der Waals surface area contributed by atoms with Crippen molar-refractivity contribution >= 4 is 34.1 Å². The molecule has 1 atom stereocenters. The minimum Gasteiger partial charge on any atom is -0.325 e. The van der Waals surface area contributed by atoms with Crippen LogP contribution in [0.3, 0.4) is 0 Å². The summed E-state index contributed by atoms with van der Waals surface area (Å²) < 4.78 is 1.29. The quantitative estimate of drug-likeness (QED) is 0.378. The normalized spacial score (nSPS) is 16.9. The minimum absolute atomic E-state index is 0.137. The summed E-state index contributed by atoms with van der Waals surface area (Å²) in [5.74, 6) is -0.673. The van der Waals surface area contributed by atoms with Crippen LogP contribution in [0.4, 0.5) is 5.69 Å². The van der Waals surface area contributed by atoms with E-state index in [-0.39, 0.29) is 41.9 Å². The van der Waals surface area contributed by atoms with Crippen LogP contribution < -0.4 is 10.9 Å². The van der Waals surface area contributed by atoms with Crippen LogP contribution >= 0.6 is 0 Å². The maximum Gasteiger partial charge on any atom is 0.264 e. The lowest BCUT2D eigenvalue weighted by Crippen LogP contribution is -2.36. The Morgan fingerprint density at radius 1 is 1.41 bits per heavy atom. The number of nitrogens with one attached hydrogen (secondary N) is 1. The molecule has 1 saturated carbocycles. The largest absolute Gasteiger partial charge is 0.325 e.